The van der Waals surface area contributed by atoms with E-state index >= 15 is 0 Å². The van der Waals surface area contributed by atoms with E-state index in [-0.39, 0.29) is 11.4 Å². The van der Waals surface area contributed by atoms with Gasteiger partial charge in [-0.05, 0) is 31.9 Å². The standard InChI is InChI=1S/C15H22FN3O2/c1-19(7-8-21-10-11-5-6-11)9-12-3-2-4-13(14(12)16)15(17)18-20/h2-4,11,20H,5-10H2,1H3,(H2,17,18). The lowest BCUT2D eigenvalue weighted by Crippen LogP contribution is -2.24. The third kappa shape index (κ3) is 4.68. The predicted octanol–water partition coefficient (Wildman–Crippen LogP) is 1.78. The Labute approximate surface area is 124 Å². The van der Waals surface area contributed by atoms with E-state index in [1.165, 1.54) is 18.9 Å². The van der Waals surface area contributed by atoms with E-state index in [0.29, 0.717) is 18.7 Å². The molecule has 5 nitrogen and oxygen atoms in total. The Hall–Kier alpha value is -1.66. The van der Waals surface area contributed by atoms with Crippen LogP contribution in [-0.4, -0.2) is 42.7 Å². The van der Waals surface area contributed by atoms with Crippen LogP contribution in [0, 0.1) is 11.7 Å². The Morgan fingerprint density at radius 1 is 1.52 bits per heavy atom. The Morgan fingerprint density at radius 3 is 2.95 bits per heavy atom. The largest absolute Gasteiger partial charge is 0.409 e. The minimum Gasteiger partial charge on any atom is -0.409 e. The minimum absolute atomic E-state index is 0.119. The van der Waals surface area contributed by atoms with E-state index in [1.807, 2.05) is 11.9 Å². The fourth-order valence-corrected chi connectivity index (χ4v) is 2.08. The summed E-state index contributed by atoms with van der Waals surface area (Å²) in [7, 11) is 1.91. The summed E-state index contributed by atoms with van der Waals surface area (Å²) >= 11 is 0. The molecule has 1 aromatic rings. The summed E-state index contributed by atoms with van der Waals surface area (Å²) in [5.74, 6) is 0.0912. The smallest absolute Gasteiger partial charge is 0.173 e. The van der Waals surface area contributed by atoms with Crippen molar-refractivity contribution in [2.75, 3.05) is 26.8 Å². The van der Waals surface area contributed by atoms with Crippen LogP contribution in [0.25, 0.3) is 0 Å². The van der Waals surface area contributed by atoms with Gasteiger partial charge >= 0.3 is 0 Å². The van der Waals surface area contributed by atoms with Crippen molar-refractivity contribution < 1.29 is 14.3 Å². The fourth-order valence-electron chi connectivity index (χ4n) is 2.08. The van der Waals surface area contributed by atoms with Gasteiger partial charge in [0.15, 0.2) is 5.84 Å². The van der Waals surface area contributed by atoms with Gasteiger partial charge in [-0.15, -0.1) is 0 Å². The summed E-state index contributed by atoms with van der Waals surface area (Å²) in [6, 6.07) is 4.89. The lowest BCUT2D eigenvalue weighted by atomic mass is 10.1. The summed E-state index contributed by atoms with van der Waals surface area (Å²) in [5, 5.41) is 11.5. The van der Waals surface area contributed by atoms with E-state index in [2.05, 4.69) is 5.16 Å². The molecule has 0 heterocycles. The number of likely N-dealkylation sites (N-methyl/N-ethyl adjacent to an activating group) is 1. The van der Waals surface area contributed by atoms with Gasteiger partial charge in [0.05, 0.1) is 12.2 Å². The molecule has 0 unspecified atom stereocenters. The number of benzene rings is 1. The van der Waals surface area contributed by atoms with Crippen molar-refractivity contribution in [3.8, 4) is 0 Å². The summed E-state index contributed by atoms with van der Waals surface area (Å²) in [6.45, 7) is 2.67. The van der Waals surface area contributed by atoms with Crippen LogP contribution < -0.4 is 5.73 Å². The molecule has 1 fully saturated rings. The van der Waals surface area contributed by atoms with Crippen molar-refractivity contribution in [3.63, 3.8) is 0 Å². The maximum Gasteiger partial charge on any atom is 0.173 e. The quantitative estimate of drug-likeness (QED) is 0.252. The fraction of sp³-hybridized carbons (Fsp3) is 0.533. The SMILES string of the molecule is CN(CCOCC1CC1)Cc1cccc(/C(N)=N/O)c1F. The second kappa shape index (κ2) is 7.38. The zero-order valence-electron chi connectivity index (χ0n) is 12.3. The highest BCUT2D eigenvalue weighted by molar-refractivity contribution is 5.97. The molecule has 0 amide bonds. The van der Waals surface area contributed by atoms with Crippen LogP contribution in [0.3, 0.4) is 0 Å². The molecule has 0 aromatic heterocycles. The van der Waals surface area contributed by atoms with Gasteiger partial charge in [-0.1, -0.05) is 17.3 Å². The molecular weight excluding hydrogens is 273 g/mol. The monoisotopic (exact) mass is 295 g/mol. The highest BCUT2D eigenvalue weighted by Gasteiger charge is 2.21. The summed E-state index contributed by atoms with van der Waals surface area (Å²) in [6.07, 6.45) is 2.56. The molecule has 21 heavy (non-hydrogen) atoms. The molecule has 6 heteroatoms. The molecule has 0 bridgehead atoms. The number of amidine groups is 1. The Morgan fingerprint density at radius 2 is 2.29 bits per heavy atom. The van der Waals surface area contributed by atoms with Crippen molar-refractivity contribution in [1.29, 1.82) is 0 Å². The third-order valence-electron chi connectivity index (χ3n) is 3.57. The molecule has 0 aliphatic heterocycles. The number of rotatable bonds is 8. The molecule has 0 atom stereocenters. The maximum absolute atomic E-state index is 14.2. The van der Waals surface area contributed by atoms with Crippen molar-refractivity contribution in [1.82, 2.24) is 4.90 Å². The number of oxime groups is 1. The van der Waals surface area contributed by atoms with Gasteiger partial charge in [0.2, 0.25) is 0 Å². The zero-order chi connectivity index (χ0) is 15.2. The van der Waals surface area contributed by atoms with E-state index in [9.17, 15) is 4.39 Å². The minimum atomic E-state index is -0.446. The first kappa shape index (κ1) is 15.7. The van der Waals surface area contributed by atoms with Crippen LogP contribution in [0.15, 0.2) is 23.4 Å². The average Bonchev–Trinajstić information content (AvgIpc) is 3.29. The van der Waals surface area contributed by atoms with Gasteiger partial charge in [0, 0.05) is 25.3 Å². The van der Waals surface area contributed by atoms with E-state index < -0.39 is 5.82 Å². The van der Waals surface area contributed by atoms with Gasteiger partial charge in [0.1, 0.15) is 5.82 Å². The summed E-state index contributed by atoms with van der Waals surface area (Å²) < 4.78 is 19.8. The molecule has 3 N–H and O–H groups in total. The van der Waals surface area contributed by atoms with E-state index in [4.69, 9.17) is 15.7 Å². The molecule has 1 aliphatic carbocycles. The normalized spacial score (nSPS) is 15.7. The first-order valence-electron chi connectivity index (χ1n) is 7.13. The van der Waals surface area contributed by atoms with Crippen LogP contribution in [-0.2, 0) is 11.3 Å². The van der Waals surface area contributed by atoms with Crippen molar-refractivity contribution in [2.24, 2.45) is 16.8 Å². The van der Waals surface area contributed by atoms with Crippen LogP contribution >= 0.6 is 0 Å². The van der Waals surface area contributed by atoms with Crippen molar-refractivity contribution >= 4 is 5.84 Å². The Kier molecular flexibility index (Phi) is 5.52. The number of halogens is 1. The van der Waals surface area contributed by atoms with Gasteiger partial charge in [0.25, 0.3) is 0 Å². The highest BCUT2D eigenvalue weighted by atomic mass is 19.1. The molecule has 2 rings (SSSR count). The first-order valence-corrected chi connectivity index (χ1v) is 7.13. The second-order valence-corrected chi connectivity index (χ2v) is 5.52. The van der Waals surface area contributed by atoms with Crippen LogP contribution in [0.2, 0.25) is 0 Å². The van der Waals surface area contributed by atoms with Gasteiger partial charge in [-0.3, -0.25) is 4.90 Å². The van der Waals surface area contributed by atoms with Crippen molar-refractivity contribution in [2.45, 2.75) is 19.4 Å². The zero-order valence-corrected chi connectivity index (χ0v) is 12.3. The van der Waals surface area contributed by atoms with Gasteiger partial charge < -0.3 is 15.7 Å². The van der Waals surface area contributed by atoms with E-state index in [0.717, 1.165) is 19.1 Å². The topological polar surface area (TPSA) is 71.1 Å². The molecule has 1 aromatic carbocycles. The number of nitrogens with zero attached hydrogens (tertiary/aromatic N) is 2. The number of hydrogen-bond donors (Lipinski definition) is 2. The van der Waals surface area contributed by atoms with Crippen molar-refractivity contribution in [3.05, 3.63) is 35.1 Å². The lowest BCUT2D eigenvalue weighted by Gasteiger charge is -2.17. The number of nitrogens with two attached hydrogens (primary N) is 1. The summed E-state index contributed by atoms with van der Waals surface area (Å²) in [4.78, 5) is 1.99. The van der Waals surface area contributed by atoms with Gasteiger partial charge in [-0.2, -0.15) is 0 Å². The molecule has 1 aliphatic rings. The summed E-state index contributed by atoms with van der Waals surface area (Å²) in [5.41, 5.74) is 6.09. The maximum atomic E-state index is 14.2. The molecule has 0 saturated heterocycles. The van der Waals surface area contributed by atoms with Crippen LogP contribution in [0.4, 0.5) is 4.39 Å². The number of ether oxygens (including phenoxy) is 1. The third-order valence-corrected chi connectivity index (χ3v) is 3.57. The Balaban J connectivity index is 1.85. The predicted molar refractivity (Wildman–Crippen MR) is 78.8 cm³/mol. The van der Waals surface area contributed by atoms with Crippen LogP contribution in [0.1, 0.15) is 24.0 Å². The highest BCUT2D eigenvalue weighted by Crippen LogP contribution is 2.28. The molecule has 116 valence electrons. The molecular formula is C15H22FN3O2. The molecule has 1 saturated carbocycles. The number of hydrogen-bond acceptors (Lipinski definition) is 4. The van der Waals surface area contributed by atoms with E-state index in [1.54, 1.807) is 12.1 Å². The second-order valence-electron chi connectivity index (χ2n) is 5.52. The van der Waals surface area contributed by atoms with Crippen LogP contribution in [0.5, 0.6) is 0 Å². The Bertz CT molecular complexity index is 504. The van der Waals surface area contributed by atoms with Gasteiger partial charge in [-0.25, -0.2) is 4.39 Å². The molecule has 0 radical (unpaired) electrons. The lowest BCUT2D eigenvalue weighted by molar-refractivity contribution is 0.101. The first-order chi connectivity index (χ1) is 10.1. The average molecular weight is 295 g/mol. The molecule has 0 spiro atoms.